The third kappa shape index (κ3) is 3.33. The zero-order valence-electron chi connectivity index (χ0n) is 15.4. The van der Waals surface area contributed by atoms with Crippen molar-refractivity contribution in [2.45, 2.75) is 40.2 Å². The monoisotopic (exact) mass is 353 g/mol. The first-order valence-corrected chi connectivity index (χ1v) is 8.58. The van der Waals surface area contributed by atoms with Crippen LogP contribution in [0, 0.1) is 13.8 Å². The van der Waals surface area contributed by atoms with Crippen molar-refractivity contribution in [2.24, 2.45) is 5.73 Å². The number of aryl methyl sites for hydroxylation is 2. The average molecular weight is 353 g/mol. The van der Waals surface area contributed by atoms with Crippen LogP contribution in [0.2, 0.25) is 0 Å². The van der Waals surface area contributed by atoms with Crippen molar-refractivity contribution in [3.8, 4) is 5.75 Å². The summed E-state index contributed by atoms with van der Waals surface area (Å²) < 4.78 is 5.98. The number of nitrogens with zero attached hydrogens (tertiary/aromatic N) is 2. The number of ether oxygens (including phenoxy) is 1. The maximum absolute atomic E-state index is 11.5. The molecule has 3 aromatic rings. The van der Waals surface area contributed by atoms with Gasteiger partial charge in [0.1, 0.15) is 23.5 Å². The lowest BCUT2D eigenvalue weighted by Crippen LogP contribution is -2.14. The van der Waals surface area contributed by atoms with E-state index in [9.17, 15) is 4.79 Å². The Bertz CT molecular complexity index is 964. The third-order valence-electron chi connectivity index (χ3n) is 4.51. The fraction of sp³-hybridized carbons (Fsp3) is 0.316. The molecule has 1 atom stereocenters. The van der Waals surface area contributed by atoms with E-state index in [0.29, 0.717) is 22.8 Å². The molecule has 7 heteroatoms. The highest BCUT2D eigenvalue weighted by molar-refractivity contribution is 5.95. The van der Waals surface area contributed by atoms with E-state index < -0.39 is 5.91 Å². The predicted octanol–water partition coefficient (Wildman–Crippen LogP) is 3.59. The smallest absolute Gasteiger partial charge is 0.248 e. The quantitative estimate of drug-likeness (QED) is 0.628. The number of benzene rings is 1. The van der Waals surface area contributed by atoms with Gasteiger partial charge in [-0.25, -0.2) is 9.97 Å². The molecule has 7 nitrogen and oxygen atoms in total. The van der Waals surface area contributed by atoms with Gasteiger partial charge in [-0.15, -0.1) is 0 Å². The van der Waals surface area contributed by atoms with E-state index in [0.717, 1.165) is 28.7 Å². The number of nitrogens with two attached hydrogens (primary N) is 1. The summed E-state index contributed by atoms with van der Waals surface area (Å²) in [6, 6.07) is 5.10. The number of primary amides is 1. The summed E-state index contributed by atoms with van der Waals surface area (Å²) in [7, 11) is 0. The van der Waals surface area contributed by atoms with Crippen molar-refractivity contribution in [2.75, 3.05) is 5.32 Å². The Balaban J connectivity index is 2.05. The van der Waals surface area contributed by atoms with Crippen LogP contribution in [0.1, 0.15) is 41.9 Å². The summed E-state index contributed by atoms with van der Waals surface area (Å²) >= 11 is 0. The lowest BCUT2D eigenvalue weighted by molar-refractivity contribution is 0.0999. The number of carbonyl (C=O) groups is 1. The summed E-state index contributed by atoms with van der Waals surface area (Å²) in [5.74, 6) is 0.747. The molecule has 0 saturated carbocycles. The van der Waals surface area contributed by atoms with E-state index in [4.69, 9.17) is 10.5 Å². The summed E-state index contributed by atoms with van der Waals surface area (Å²) in [6.45, 7) is 8.04. The highest BCUT2D eigenvalue weighted by Crippen LogP contribution is 2.33. The van der Waals surface area contributed by atoms with Crippen LogP contribution in [0.5, 0.6) is 5.75 Å². The normalized spacial score (nSPS) is 12.2. The van der Waals surface area contributed by atoms with Gasteiger partial charge in [0.25, 0.3) is 0 Å². The molecule has 0 bridgehead atoms. The Morgan fingerprint density at radius 3 is 2.81 bits per heavy atom. The van der Waals surface area contributed by atoms with Gasteiger partial charge in [-0.3, -0.25) is 4.79 Å². The second kappa shape index (κ2) is 7.03. The Morgan fingerprint density at radius 2 is 2.12 bits per heavy atom. The fourth-order valence-corrected chi connectivity index (χ4v) is 2.69. The number of fused-ring (bicyclic) bond motifs is 1. The number of hydrogen-bond acceptors (Lipinski definition) is 5. The number of carbonyl (C=O) groups excluding carboxylic acids is 1. The van der Waals surface area contributed by atoms with Crippen molar-refractivity contribution >= 4 is 28.4 Å². The molecule has 0 spiro atoms. The molecule has 3 rings (SSSR count). The number of rotatable bonds is 6. The van der Waals surface area contributed by atoms with Crippen molar-refractivity contribution in [3.05, 3.63) is 41.3 Å². The van der Waals surface area contributed by atoms with E-state index in [1.54, 1.807) is 18.2 Å². The molecular formula is C19H23N5O2. The van der Waals surface area contributed by atoms with Crippen LogP contribution in [0.25, 0.3) is 11.0 Å². The minimum absolute atomic E-state index is 0.000309. The van der Waals surface area contributed by atoms with Gasteiger partial charge < -0.3 is 20.8 Å². The van der Waals surface area contributed by atoms with Gasteiger partial charge in [-0.2, -0.15) is 0 Å². The number of nitrogens with one attached hydrogen (secondary N) is 2. The van der Waals surface area contributed by atoms with Gasteiger partial charge in [0.2, 0.25) is 5.91 Å². The summed E-state index contributed by atoms with van der Waals surface area (Å²) in [4.78, 5) is 23.4. The Morgan fingerprint density at radius 1 is 1.35 bits per heavy atom. The van der Waals surface area contributed by atoms with Crippen molar-refractivity contribution in [3.63, 3.8) is 0 Å². The van der Waals surface area contributed by atoms with Crippen LogP contribution < -0.4 is 15.8 Å². The molecule has 2 aromatic heterocycles. The van der Waals surface area contributed by atoms with Gasteiger partial charge >= 0.3 is 0 Å². The number of aromatic nitrogens is 3. The van der Waals surface area contributed by atoms with E-state index in [1.165, 1.54) is 6.33 Å². The van der Waals surface area contributed by atoms with Gasteiger partial charge in [-0.05, 0) is 51.0 Å². The molecule has 0 aliphatic heterocycles. The summed E-state index contributed by atoms with van der Waals surface area (Å²) in [5, 5.41) is 4.25. The second-order valence-corrected chi connectivity index (χ2v) is 6.36. The molecule has 0 fully saturated rings. The Hall–Kier alpha value is -3.09. The number of amides is 1. The molecule has 136 valence electrons. The molecule has 1 unspecified atom stereocenters. The largest absolute Gasteiger partial charge is 0.489 e. The second-order valence-electron chi connectivity index (χ2n) is 6.36. The van der Waals surface area contributed by atoms with Gasteiger partial charge in [0, 0.05) is 11.3 Å². The van der Waals surface area contributed by atoms with Gasteiger partial charge in [0.15, 0.2) is 0 Å². The maximum atomic E-state index is 11.5. The van der Waals surface area contributed by atoms with E-state index >= 15 is 0 Å². The molecule has 4 N–H and O–H groups in total. The van der Waals surface area contributed by atoms with Crippen LogP contribution in [-0.2, 0) is 0 Å². The Kier molecular flexibility index (Phi) is 4.79. The SMILES string of the molecule is CCC(C)Oc1cc(C(N)=O)ccc1Nc1ncnc2[nH]c(C)c(C)c12. The molecule has 0 aliphatic carbocycles. The topological polar surface area (TPSA) is 106 Å². The molecule has 0 saturated heterocycles. The van der Waals surface area contributed by atoms with Crippen molar-refractivity contribution in [1.29, 1.82) is 0 Å². The molecule has 0 aliphatic rings. The van der Waals surface area contributed by atoms with E-state index in [1.807, 2.05) is 27.7 Å². The molecule has 26 heavy (non-hydrogen) atoms. The zero-order chi connectivity index (χ0) is 18.8. The average Bonchev–Trinajstić information content (AvgIpc) is 2.91. The number of hydrogen-bond donors (Lipinski definition) is 3. The first-order valence-electron chi connectivity index (χ1n) is 8.58. The Labute approximate surface area is 152 Å². The van der Waals surface area contributed by atoms with Gasteiger partial charge in [0.05, 0.1) is 17.2 Å². The van der Waals surface area contributed by atoms with E-state index in [2.05, 4.69) is 20.3 Å². The standard InChI is InChI=1S/C19H23N5O2/c1-5-10(2)26-15-8-13(17(20)25)6-7-14(15)24-19-16-11(3)12(4)23-18(16)21-9-22-19/h6-10H,5H2,1-4H3,(H2,20,25)(H2,21,22,23,24). The first-order chi connectivity index (χ1) is 12.4. The highest BCUT2D eigenvalue weighted by Gasteiger charge is 2.15. The lowest BCUT2D eigenvalue weighted by atomic mass is 10.1. The number of anilines is 2. The lowest BCUT2D eigenvalue weighted by Gasteiger charge is -2.18. The van der Waals surface area contributed by atoms with Crippen molar-refractivity contribution in [1.82, 2.24) is 15.0 Å². The molecular weight excluding hydrogens is 330 g/mol. The third-order valence-corrected chi connectivity index (χ3v) is 4.51. The zero-order valence-corrected chi connectivity index (χ0v) is 15.4. The van der Waals surface area contributed by atoms with Crippen molar-refractivity contribution < 1.29 is 9.53 Å². The molecule has 0 radical (unpaired) electrons. The van der Waals surface area contributed by atoms with Crippen LogP contribution in [0.3, 0.4) is 0 Å². The minimum Gasteiger partial charge on any atom is -0.489 e. The maximum Gasteiger partial charge on any atom is 0.248 e. The van der Waals surface area contributed by atoms with Gasteiger partial charge in [-0.1, -0.05) is 6.92 Å². The molecule has 2 heterocycles. The first kappa shape index (κ1) is 17.7. The van der Waals surface area contributed by atoms with Crippen LogP contribution in [-0.4, -0.2) is 27.0 Å². The van der Waals surface area contributed by atoms with Crippen LogP contribution >= 0.6 is 0 Å². The van der Waals surface area contributed by atoms with Crippen LogP contribution in [0.15, 0.2) is 24.5 Å². The summed E-state index contributed by atoms with van der Waals surface area (Å²) in [5.41, 5.74) is 9.42. The molecule has 1 aromatic carbocycles. The fourth-order valence-electron chi connectivity index (χ4n) is 2.69. The highest BCUT2D eigenvalue weighted by atomic mass is 16.5. The molecule has 1 amide bonds. The predicted molar refractivity (Wildman–Crippen MR) is 102 cm³/mol. The van der Waals surface area contributed by atoms with Crippen LogP contribution in [0.4, 0.5) is 11.5 Å². The number of aromatic amines is 1. The number of H-pyrrole nitrogens is 1. The minimum atomic E-state index is -0.493. The van der Waals surface area contributed by atoms with E-state index in [-0.39, 0.29) is 6.10 Å². The summed E-state index contributed by atoms with van der Waals surface area (Å²) in [6.07, 6.45) is 2.35.